The lowest BCUT2D eigenvalue weighted by Crippen LogP contribution is -2.20. The Morgan fingerprint density at radius 2 is 1.88 bits per heavy atom. The van der Waals surface area contributed by atoms with Crippen molar-refractivity contribution in [3.8, 4) is 0 Å². The summed E-state index contributed by atoms with van der Waals surface area (Å²) in [7, 11) is 0. The van der Waals surface area contributed by atoms with E-state index in [9.17, 15) is 0 Å². The second-order valence-corrected chi connectivity index (χ2v) is 5.30. The highest BCUT2D eigenvalue weighted by atomic mass is 79.9. The Kier molecular flexibility index (Phi) is 5.81. The molecule has 16 heavy (non-hydrogen) atoms. The van der Waals surface area contributed by atoms with Gasteiger partial charge in [-0.25, -0.2) is 0 Å². The molecule has 0 N–H and O–H groups in total. The average molecular weight is 306 g/mol. The zero-order valence-corrected chi connectivity index (χ0v) is 12.3. The highest BCUT2D eigenvalue weighted by Crippen LogP contribution is 2.29. The topological polar surface area (TPSA) is 9.23 Å². The van der Waals surface area contributed by atoms with Gasteiger partial charge in [0.15, 0.2) is 0 Å². The third-order valence-corrected chi connectivity index (χ3v) is 3.64. The van der Waals surface area contributed by atoms with Crippen molar-refractivity contribution in [2.75, 3.05) is 5.33 Å². The van der Waals surface area contributed by atoms with Gasteiger partial charge in [-0.2, -0.15) is 0 Å². The number of rotatable bonds is 5. The molecular weight excluding hydrogens is 287 g/mol. The first kappa shape index (κ1) is 14.0. The van der Waals surface area contributed by atoms with Gasteiger partial charge in [-0.15, -0.1) is 0 Å². The van der Waals surface area contributed by atoms with Crippen LogP contribution >= 0.6 is 27.5 Å². The molecule has 1 aromatic rings. The van der Waals surface area contributed by atoms with Crippen LogP contribution in [0.2, 0.25) is 5.02 Å². The normalized spacial score (nSPS) is 15.1. The molecule has 0 radical (unpaired) electrons. The van der Waals surface area contributed by atoms with E-state index in [1.165, 1.54) is 0 Å². The Labute approximate surface area is 111 Å². The van der Waals surface area contributed by atoms with Crippen molar-refractivity contribution in [3.63, 3.8) is 0 Å². The smallest absolute Gasteiger partial charge is 0.0939 e. The van der Waals surface area contributed by atoms with Crippen molar-refractivity contribution in [1.29, 1.82) is 0 Å². The standard InChI is InChI=1S/C13H18BrClO/c1-9(2)10(3)16-13(8-14)11-6-4-5-7-12(11)15/h4-7,9-10,13H,8H2,1-3H3. The van der Waals surface area contributed by atoms with Gasteiger partial charge in [-0.3, -0.25) is 0 Å². The van der Waals surface area contributed by atoms with E-state index in [-0.39, 0.29) is 12.2 Å². The quantitative estimate of drug-likeness (QED) is 0.708. The van der Waals surface area contributed by atoms with Gasteiger partial charge in [-0.05, 0) is 18.9 Å². The molecule has 2 unspecified atom stereocenters. The minimum atomic E-state index is 0.0195. The molecule has 1 aromatic carbocycles. The molecule has 0 fully saturated rings. The molecule has 0 bridgehead atoms. The molecule has 0 heterocycles. The van der Waals surface area contributed by atoms with Gasteiger partial charge in [0.05, 0.1) is 12.2 Å². The van der Waals surface area contributed by atoms with Crippen molar-refractivity contribution in [2.45, 2.75) is 33.0 Å². The lowest BCUT2D eigenvalue weighted by molar-refractivity contribution is -0.0141. The van der Waals surface area contributed by atoms with Crippen molar-refractivity contribution >= 4 is 27.5 Å². The maximum atomic E-state index is 6.16. The van der Waals surface area contributed by atoms with Crippen LogP contribution in [-0.4, -0.2) is 11.4 Å². The van der Waals surface area contributed by atoms with Crippen molar-refractivity contribution < 1.29 is 4.74 Å². The van der Waals surface area contributed by atoms with Crippen LogP contribution in [0.25, 0.3) is 0 Å². The number of hydrogen-bond donors (Lipinski definition) is 0. The van der Waals surface area contributed by atoms with E-state index < -0.39 is 0 Å². The zero-order valence-electron chi connectivity index (χ0n) is 9.91. The maximum Gasteiger partial charge on any atom is 0.0939 e. The van der Waals surface area contributed by atoms with E-state index in [4.69, 9.17) is 16.3 Å². The highest BCUT2D eigenvalue weighted by molar-refractivity contribution is 9.09. The highest BCUT2D eigenvalue weighted by Gasteiger charge is 2.18. The van der Waals surface area contributed by atoms with E-state index in [0.29, 0.717) is 5.92 Å². The predicted octanol–water partition coefficient (Wildman–Crippen LogP) is 4.84. The summed E-state index contributed by atoms with van der Waals surface area (Å²) >= 11 is 9.64. The second-order valence-electron chi connectivity index (χ2n) is 4.25. The third-order valence-electron chi connectivity index (χ3n) is 2.71. The van der Waals surface area contributed by atoms with Crippen LogP contribution in [0, 0.1) is 5.92 Å². The Bertz CT molecular complexity index is 327. The van der Waals surface area contributed by atoms with Crippen LogP contribution in [0.5, 0.6) is 0 Å². The first-order chi connectivity index (χ1) is 7.56. The van der Waals surface area contributed by atoms with Crippen LogP contribution < -0.4 is 0 Å². The second kappa shape index (κ2) is 6.63. The summed E-state index contributed by atoms with van der Waals surface area (Å²) in [5.41, 5.74) is 1.05. The van der Waals surface area contributed by atoms with Gasteiger partial charge < -0.3 is 4.74 Å². The predicted molar refractivity (Wildman–Crippen MR) is 73.4 cm³/mol. The molecule has 0 aromatic heterocycles. The lowest BCUT2D eigenvalue weighted by atomic mass is 10.1. The molecule has 1 rings (SSSR count). The molecule has 0 spiro atoms. The van der Waals surface area contributed by atoms with E-state index in [1.807, 2.05) is 24.3 Å². The molecule has 3 heteroatoms. The summed E-state index contributed by atoms with van der Waals surface area (Å²) in [5.74, 6) is 0.504. The Morgan fingerprint density at radius 3 is 2.38 bits per heavy atom. The molecule has 0 aliphatic heterocycles. The molecule has 1 nitrogen and oxygen atoms in total. The van der Waals surface area contributed by atoms with Gasteiger partial charge >= 0.3 is 0 Å². The van der Waals surface area contributed by atoms with Crippen LogP contribution in [0.1, 0.15) is 32.4 Å². The SMILES string of the molecule is CC(C)C(C)OC(CBr)c1ccccc1Cl. The van der Waals surface area contributed by atoms with Crippen LogP contribution in [-0.2, 0) is 4.74 Å². The minimum Gasteiger partial charge on any atom is -0.369 e. The Balaban J connectivity index is 2.79. The fourth-order valence-corrected chi connectivity index (χ4v) is 2.10. The van der Waals surface area contributed by atoms with E-state index in [1.54, 1.807) is 0 Å². The lowest BCUT2D eigenvalue weighted by Gasteiger charge is -2.24. The van der Waals surface area contributed by atoms with Crippen molar-refractivity contribution in [1.82, 2.24) is 0 Å². The zero-order chi connectivity index (χ0) is 12.1. The first-order valence-electron chi connectivity index (χ1n) is 5.52. The Morgan fingerprint density at radius 1 is 1.25 bits per heavy atom. The minimum absolute atomic E-state index is 0.0195. The summed E-state index contributed by atoms with van der Waals surface area (Å²) in [6.07, 6.45) is 0.241. The fraction of sp³-hybridized carbons (Fsp3) is 0.538. The number of hydrogen-bond acceptors (Lipinski definition) is 1. The summed E-state index contributed by atoms with van der Waals surface area (Å²) in [6.45, 7) is 6.41. The third kappa shape index (κ3) is 3.76. The molecule has 0 aliphatic rings. The van der Waals surface area contributed by atoms with Crippen LogP contribution in [0.3, 0.4) is 0 Å². The van der Waals surface area contributed by atoms with Crippen LogP contribution in [0.4, 0.5) is 0 Å². The summed E-state index contributed by atoms with van der Waals surface area (Å²) in [5, 5.41) is 1.52. The number of benzene rings is 1. The van der Waals surface area contributed by atoms with E-state index in [2.05, 4.69) is 36.7 Å². The number of halogens is 2. The van der Waals surface area contributed by atoms with Gasteiger partial charge in [0.25, 0.3) is 0 Å². The first-order valence-corrected chi connectivity index (χ1v) is 7.02. The average Bonchev–Trinajstić information content (AvgIpc) is 2.26. The Hall–Kier alpha value is -0.0500. The largest absolute Gasteiger partial charge is 0.369 e. The van der Waals surface area contributed by atoms with Crippen molar-refractivity contribution in [2.24, 2.45) is 5.92 Å². The summed E-state index contributed by atoms with van der Waals surface area (Å²) in [4.78, 5) is 0. The van der Waals surface area contributed by atoms with Gasteiger partial charge in [0, 0.05) is 15.9 Å². The molecule has 90 valence electrons. The molecule has 0 amide bonds. The maximum absolute atomic E-state index is 6.16. The van der Waals surface area contributed by atoms with Gasteiger partial charge in [-0.1, -0.05) is 59.6 Å². The molecule has 2 atom stereocenters. The van der Waals surface area contributed by atoms with E-state index >= 15 is 0 Å². The van der Waals surface area contributed by atoms with Gasteiger partial charge in [0.2, 0.25) is 0 Å². The van der Waals surface area contributed by atoms with Crippen molar-refractivity contribution in [3.05, 3.63) is 34.9 Å². The number of ether oxygens (including phenoxy) is 1. The van der Waals surface area contributed by atoms with Crippen LogP contribution in [0.15, 0.2) is 24.3 Å². The van der Waals surface area contributed by atoms with Gasteiger partial charge in [0.1, 0.15) is 0 Å². The monoisotopic (exact) mass is 304 g/mol. The van der Waals surface area contributed by atoms with E-state index in [0.717, 1.165) is 15.9 Å². The molecule has 0 aliphatic carbocycles. The fourth-order valence-electron chi connectivity index (χ4n) is 1.35. The summed E-state index contributed by atoms with van der Waals surface area (Å²) < 4.78 is 6.00. The number of alkyl halides is 1. The molecular formula is C13H18BrClO. The molecule has 0 saturated carbocycles. The molecule has 0 saturated heterocycles. The summed E-state index contributed by atoms with van der Waals surface area (Å²) in [6, 6.07) is 7.83.